The molecule has 2 rings (SSSR count). The molecule has 2 aromatic carbocycles. The number of esters is 1. The minimum Gasteiger partial charge on any atom is -0.479 e. The molecule has 0 aromatic heterocycles. The van der Waals surface area contributed by atoms with Gasteiger partial charge in [0, 0.05) is 12.2 Å². The quantitative estimate of drug-likeness (QED) is 0.716. The molecule has 0 aliphatic rings. The molecule has 0 spiro atoms. The summed E-state index contributed by atoms with van der Waals surface area (Å²) < 4.78 is 10.6. The lowest BCUT2D eigenvalue weighted by Gasteiger charge is -2.21. The van der Waals surface area contributed by atoms with Crippen molar-refractivity contribution in [1.82, 2.24) is 0 Å². The molecular weight excluding hydrogens is 332 g/mol. The molecule has 0 N–H and O–H groups in total. The molecule has 6 nitrogen and oxygen atoms in total. The van der Waals surface area contributed by atoms with Gasteiger partial charge >= 0.3 is 5.97 Å². The topological polar surface area (TPSA) is 79.6 Å². The Labute approximate surface area is 152 Å². The summed E-state index contributed by atoms with van der Waals surface area (Å²) in [6.07, 6.45) is -0.873. The molecule has 0 bridgehead atoms. The van der Waals surface area contributed by atoms with Crippen LogP contribution in [0.25, 0.3) is 0 Å². The Kier molecular flexibility index (Phi) is 6.75. The van der Waals surface area contributed by atoms with Crippen LogP contribution in [0.2, 0.25) is 0 Å². The van der Waals surface area contributed by atoms with E-state index in [2.05, 4.69) is 0 Å². The van der Waals surface area contributed by atoms with Gasteiger partial charge in [0.2, 0.25) is 0 Å². The molecule has 0 aliphatic heterocycles. The molecule has 0 saturated heterocycles. The highest BCUT2D eigenvalue weighted by Gasteiger charge is 2.20. The van der Waals surface area contributed by atoms with Gasteiger partial charge < -0.3 is 14.4 Å². The first-order chi connectivity index (χ1) is 12.5. The van der Waals surface area contributed by atoms with Crippen LogP contribution >= 0.6 is 0 Å². The van der Waals surface area contributed by atoms with Gasteiger partial charge in [-0.1, -0.05) is 18.2 Å². The van der Waals surface area contributed by atoms with E-state index in [1.807, 2.05) is 43.3 Å². The first kappa shape index (κ1) is 19.0. The predicted molar refractivity (Wildman–Crippen MR) is 96.7 cm³/mol. The molecule has 0 fully saturated rings. The van der Waals surface area contributed by atoms with Crippen molar-refractivity contribution < 1.29 is 19.1 Å². The lowest BCUT2D eigenvalue weighted by molar-refractivity contribution is -0.154. The fourth-order valence-corrected chi connectivity index (χ4v) is 2.30. The minimum atomic E-state index is -0.873. The van der Waals surface area contributed by atoms with Gasteiger partial charge in [-0.2, -0.15) is 5.26 Å². The van der Waals surface area contributed by atoms with E-state index in [4.69, 9.17) is 14.7 Å². The van der Waals surface area contributed by atoms with Gasteiger partial charge in [-0.05, 0) is 50.2 Å². The van der Waals surface area contributed by atoms with Crippen LogP contribution in [-0.2, 0) is 14.3 Å². The van der Waals surface area contributed by atoms with E-state index in [0.29, 0.717) is 17.9 Å². The van der Waals surface area contributed by atoms with E-state index < -0.39 is 12.1 Å². The maximum Gasteiger partial charge on any atom is 0.347 e. The molecular formula is C20H20N2O4. The van der Waals surface area contributed by atoms with Gasteiger partial charge in [-0.3, -0.25) is 4.79 Å². The van der Waals surface area contributed by atoms with Crippen molar-refractivity contribution in [3.63, 3.8) is 0 Å². The molecule has 0 radical (unpaired) electrons. The average molecular weight is 352 g/mol. The summed E-state index contributed by atoms with van der Waals surface area (Å²) in [5, 5.41) is 8.77. The standard InChI is InChI=1S/C20H20N2O4/c1-3-22(17-7-5-4-6-8-17)19(23)14-25-20(24)15(2)26-18-11-9-16(13-21)10-12-18/h4-12,15H,3,14H2,1-2H3/t15-/m0/s1. The van der Waals surface area contributed by atoms with E-state index in [1.54, 1.807) is 36.1 Å². The Morgan fingerprint density at radius 1 is 1.12 bits per heavy atom. The fraction of sp³-hybridized carbons (Fsp3) is 0.250. The van der Waals surface area contributed by atoms with E-state index >= 15 is 0 Å². The molecule has 1 amide bonds. The highest BCUT2D eigenvalue weighted by atomic mass is 16.6. The normalized spacial score (nSPS) is 11.1. The number of likely N-dealkylation sites (N-methyl/N-ethyl adjacent to an activating group) is 1. The largest absolute Gasteiger partial charge is 0.479 e. The third-order valence-electron chi connectivity index (χ3n) is 3.65. The Hall–Kier alpha value is -3.33. The van der Waals surface area contributed by atoms with Crippen molar-refractivity contribution in [2.75, 3.05) is 18.1 Å². The van der Waals surface area contributed by atoms with E-state index in [-0.39, 0.29) is 12.5 Å². The molecule has 2 aromatic rings. The van der Waals surface area contributed by atoms with Gasteiger partial charge in [0.25, 0.3) is 5.91 Å². The number of para-hydroxylation sites is 1. The summed E-state index contributed by atoms with van der Waals surface area (Å²) in [4.78, 5) is 25.9. The minimum absolute atomic E-state index is 0.308. The molecule has 0 saturated carbocycles. The predicted octanol–water partition coefficient (Wildman–Crippen LogP) is 2.92. The molecule has 26 heavy (non-hydrogen) atoms. The third-order valence-corrected chi connectivity index (χ3v) is 3.65. The van der Waals surface area contributed by atoms with Crippen molar-refractivity contribution in [1.29, 1.82) is 5.26 Å². The molecule has 134 valence electrons. The summed E-state index contributed by atoms with van der Waals surface area (Å²) in [5.41, 5.74) is 1.25. The number of anilines is 1. The first-order valence-corrected chi connectivity index (χ1v) is 8.24. The van der Waals surface area contributed by atoms with Crippen molar-refractivity contribution in [3.8, 4) is 11.8 Å². The summed E-state index contributed by atoms with van der Waals surface area (Å²) in [7, 11) is 0. The number of ether oxygens (including phenoxy) is 2. The number of rotatable bonds is 7. The van der Waals surface area contributed by atoms with Gasteiger partial charge in [0.05, 0.1) is 11.6 Å². The smallest absolute Gasteiger partial charge is 0.347 e. The van der Waals surface area contributed by atoms with Crippen molar-refractivity contribution in [3.05, 3.63) is 60.2 Å². The van der Waals surface area contributed by atoms with Gasteiger partial charge in [0.1, 0.15) is 5.75 Å². The van der Waals surface area contributed by atoms with Crippen molar-refractivity contribution in [2.45, 2.75) is 20.0 Å². The maximum absolute atomic E-state index is 12.3. The van der Waals surface area contributed by atoms with Crippen molar-refractivity contribution >= 4 is 17.6 Å². The van der Waals surface area contributed by atoms with Gasteiger partial charge in [-0.25, -0.2) is 4.79 Å². The van der Waals surface area contributed by atoms with E-state index in [9.17, 15) is 9.59 Å². The van der Waals surface area contributed by atoms with Crippen LogP contribution in [0, 0.1) is 11.3 Å². The average Bonchev–Trinajstić information content (AvgIpc) is 2.68. The van der Waals surface area contributed by atoms with Gasteiger partial charge in [-0.15, -0.1) is 0 Å². The van der Waals surface area contributed by atoms with Crippen molar-refractivity contribution in [2.24, 2.45) is 0 Å². The highest BCUT2D eigenvalue weighted by Crippen LogP contribution is 2.15. The number of carbonyl (C=O) groups is 2. The van der Waals surface area contributed by atoms with Crippen LogP contribution in [0.5, 0.6) is 5.75 Å². The Bertz CT molecular complexity index is 782. The molecule has 1 atom stereocenters. The summed E-state index contributed by atoms with van der Waals surface area (Å²) in [6.45, 7) is 3.50. The zero-order valence-corrected chi connectivity index (χ0v) is 14.7. The Morgan fingerprint density at radius 2 is 1.77 bits per heavy atom. The van der Waals surface area contributed by atoms with Crippen LogP contribution in [0.1, 0.15) is 19.4 Å². The zero-order valence-electron chi connectivity index (χ0n) is 14.7. The lowest BCUT2D eigenvalue weighted by atomic mass is 10.2. The number of nitrogens with zero attached hydrogens (tertiary/aromatic N) is 2. The van der Waals surface area contributed by atoms with Gasteiger partial charge in [0.15, 0.2) is 12.7 Å². The second-order valence-corrected chi connectivity index (χ2v) is 5.48. The Balaban J connectivity index is 1.88. The second kappa shape index (κ2) is 9.23. The maximum atomic E-state index is 12.3. The number of amides is 1. The monoisotopic (exact) mass is 352 g/mol. The van der Waals surface area contributed by atoms with Crippen LogP contribution in [0.15, 0.2) is 54.6 Å². The number of hydrogen-bond donors (Lipinski definition) is 0. The fourth-order valence-electron chi connectivity index (χ4n) is 2.30. The number of hydrogen-bond acceptors (Lipinski definition) is 5. The summed E-state index contributed by atoms with van der Waals surface area (Å²) >= 11 is 0. The van der Waals surface area contributed by atoms with E-state index in [0.717, 1.165) is 5.69 Å². The van der Waals surface area contributed by atoms with Crippen LogP contribution in [-0.4, -0.2) is 31.1 Å². The first-order valence-electron chi connectivity index (χ1n) is 8.24. The lowest BCUT2D eigenvalue weighted by Crippen LogP contribution is -2.36. The SMILES string of the molecule is CCN(C(=O)COC(=O)[C@H](C)Oc1ccc(C#N)cc1)c1ccccc1. The Morgan fingerprint density at radius 3 is 2.35 bits per heavy atom. The molecule has 0 unspecified atom stereocenters. The van der Waals surface area contributed by atoms with Crippen LogP contribution < -0.4 is 9.64 Å². The summed E-state index contributed by atoms with van der Waals surface area (Å²) in [6, 6.07) is 17.6. The third kappa shape index (κ3) is 5.08. The second-order valence-electron chi connectivity index (χ2n) is 5.48. The van der Waals surface area contributed by atoms with Crippen LogP contribution in [0.4, 0.5) is 5.69 Å². The van der Waals surface area contributed by atoms with Crippen LogP contribution in [0.3, 0.4) is 0 Å². The number of benzene rings is 2. The number of nitriles is 1. The van der Waals surface area contributed by atoms with E-state index in [1.165, 1.54) is 0 Å². The number of carbonyl (C=O) groups excluding carboxylic acids is 2. The molecule has 6 heteroatoms. The summed E-state index contributed by atoms with van der Waals surface area (Å²) in [5.74, 6) is -0.497. The zero-order chi connectivity index (χ0) is 18.9. The molecule has 0 aliphatic carbocycles. The highest BCUT2D eigenvalue weighted by molar-refractivity contribution is 5.95. The molecule has 0 heterocycles.